The van der Waals surface area contributed by atoms with Gasteiger partial charge in [0, 0.05) is 0 Å². The van der Waals surface area contributed by atoms with Crippen molar-refractivity contribution in [2.75, 3.05) is 0 Å². The molecule has 0 aromatic rings. The van der Waals surface area contributed by atoms with Crippen molar-refractivity contribution in [1.82, 2.24) is 0 Å². The Morgan fingerprint density at radius 2 is 2.40 bits per heavy atom. The van der Waals surface area contributed by atoms with Crippen LogP contribution in [0.5, 0.6) is 0 Å². The molecule has 0 aliphatic heterocycles. The normalized spacial score (nSPS) is 21.0. The van der Waals surface area contributed by atoms with Crippen molar-refractivity contribution in [3.05, 3.63) is 11.6 Å². The van der Waals surface area contributed by atoms with E-state index < -0.39 is 6.10 Å². The maximum absolute atomic E-state index is 9.18. The molecule has 1 aliphatic rings. The summed E-state index contributed by atoms with van der Waals surface area (Å²) < 4.78 is 0. The molecule has 1 rings (SSSR count). The average Bonchev–Trinajstić information content (AvgIpc) is 2.05. The zero-order chi connectivity index (χ0) is 7.40. The highest BCUT2D eigenvalue weighted by Crippen LogP contribution is 2.19. The number of aliphatic hydroxyl groups excluding tert-OH is 1. The van der Waals surface area contributed by atoms with Crippen molar-refractivity contribution in [3.63, 3.8) is 0 Å². The van der Waals surface area contributed by atoms with Crippen LogP contribution in [0.25, 0.3) is 0 Å². The van der Waals surface area contributed by atoms with E-state index in [1.54, 1.807) is 0 Å². The summed E-state index contributed by atoms with van der Waals surface area (Å²) in [5.41, 5.74) is 1.04. The number of terminal acetylenes is 1. The summed E-state index contributed by atoms with van der Waals surface area (Å²) in [7, 11) is 0. The van der Waals surface area contributed by atoms with Gasteiger partial charge in [-0.1, -0.05) is 12.0 Å². The van der Waals surface area contributed by atoms with Gasteiger partial charge in [-0.05, 0) is 31.3 Å². The molecule has 0 bridgehead atoms. The van der Waals surface area contributed by atoms with Crippen LogP contribution in [0.2, 0.25) is 0 Å². The number of allylic oxidation sites excluding steroid dienone is 1. The summed E-state index contributed by atoms with van der Waals surface area (Å²) in [6.07, 6.45) is 11.0. The van der Waals surface area contributed by atoms with Crippen molar-refractivity contribution in [2.45, 2.75) is 31.8 Å². The fourth-order valence-electron chi connectivity index (χ4n) is 1.22. The van der Waals surface area contributed by atoms with E-state index in [0.717, 1.165) is 18.4 Å². The lowest BCUT2D eigenvalue weighted by molar-refractivity contribution is 0.260. The van der Waals surface area contributed by atoms with Gasteiger partial charge in [0.15, 0.2) is 0 Å². The Morgan fingerprint density at radius 1 is 1.60 bits per heavy atom. The maximum atomic E-state index is 9.18. The molecule has 1 nitrogen and oxygen atoms in total. The smallest absolute Gasteiger partial charge is 0.136 e. The molecule has 0 aromatic heterocycles. The van der Waals surface area contributed by atoms with Crippen LogP contribution < -0.4 is 0 Å². The molecule has 0 radical (unpaired) electrons. The van der Waals surface area contributed by atoms with Gasteiger partial charge in [-0.2, -0.15) is 0 Å². The quantitative estimate of drug-likeness (QED) is 0.427. The molecule has 1 N–H and O–H groups in total. The second-order valence-corrected chi connectivity index (χ2v) is 2.59. The Balaban J connectivity index is 2.55. The van der Waals surface area contributed by atoms with Crippen LogP contribution in [-0.4, -0.2) is 11.2 Å². The highest BCUT2D eigenvalue weighted by Gasteiger charge is 2.09. The Kier molecular flexibility index (Phi) is 2.53. The lowest BCUT2D eigenvalue weighted by atomic mass is 9.96. The molecule has 1 atom stereocenters. The Labute approximate surface area is 61.8 Å². The van der Waals surface area contributed by atoms with Gasteiger partial charge >= 0.3 is 0 Å². The van der Waals surface area contributed by atoms with Gasteiger partial charge in [0.2, 0.25) is 0 Å². The molecule has 10 heavy (non-hydrogen) atoms. The van der Waals surface area contributed by atoms with Crippen molar-refractivity contribution in [2.24, 2.45) is 0 Å². The summed E-state index contributed by atoms with van der Waals surface area (Å²) in [5, 5.41) is 9.18. The average molecular weight is 136 g/mol. The van der Waals surface area contributed by atoms with E-state index in [-0.39, 0.29) is 0 Å². The van der Waals surface area contributed by atoms with Crippen molar-refractivity contribution >= 4 is 0 Å². The molecule has 0 spiro atoms. The van der Waals surface area contributed by atoms with Crippen LogP contribution in [-0.2, 0) is 0 Å². The number of aliphatic hydroxyl groups is 1. The standard InChI is InChI=1S/C9H12O/c1-2-9(10)8-6-4-3-5-7-8/h1,6,9-10H,3-5,7H2. The molecular formula is C9H12O. The molecule has 0 fully saturated rings. The summed E-state index contributed by atoms with van der Waals surface area (Å²) >= 11 is 0. The van der Waals surface area contributed by atoms with Gasteiger partial charge in [0.1, 0.15) is 6.10 Å². The minimum atomic E-state index is -0.625. The summed E-state index contributed by atoms with van der Waals surface area (Å²) in [5.74, 6) is 2.32. The predicted molar refractivity (Wildman–Crippen MR) is 41.4 cm³/mol. The summed E-state index contributed by atoms with van der Waals surface area (Å²) in [6, 6.07) is 0. The maximum Gasteiger partial charge on any atom is 0.136 e. The molecule has 0 saturated carbocycles. The molecule has 1 unspecified atom stereocenters. The monoisotopic (exact) mass is 136 g/mol. The Morgan fingerprint density at radius 3 is 2.90 bits per heavy atom. The van der Waals surface area contributed by atoms with Gasteiger partial charge in [-0.15, -0.1) is 6.42 Å². The summed E-state index contributed by atoms with van der Waals surface area (Å²) in [4.78, 5) is 0. The van der Waals surface area contributed by atoms with E-state index in [2.05, 4.69) is 12.0 Å². The zero-order valence-electron chi connectivity index (χ0n) is 6.01. The molecule has 0 aromatic carbocycles. The fourth-order valence-corrected chi connectivity index (χ4v) is 1.22. The fraction of sp³-hybridized carbons (Fsp3) is 0.556. The highest BCUT2D eigenvalue weighted by molar-refractivity contribution is 5.19. The van der Waals surface area contributed by atoms with Crippen LogP contribution in [0.1, 0.15) is 25.7 Å². The SMILES string of the molecule is C#CC(O)C1=CCCCC1. The third kappa shape index (κ3) is 1.62. The molecule has 1 heteroatoms. The van der Waals surface area contributed by atoms with Gasteiger partial charge in [-0.3, -0.25) is 0 Å². The summed E-state index contributed by atoms with van der Waals surface area (Å²) in [6.45, 7) is 0. The molecule has 0 heterocycles. The second-order valence-electron chi connectivity index (χ2n) is 2.59. The minimum Gasteiger partial charge on any atom is -0.376 e. The van der Waals surface area contributed by atoms with Gasteiger partial charge < -0.3 is 5.11 Å². The van der Waals surface area contributed by atoms with Crippen LogP contribution in [0.3, 0.4) is 0 Å². The van der Waals surface area contributed by atoms with Crippen molar-refractivity contribution in [1.29, 1.82) is 0 Å². The lowest BCUT2D eigenvalue weighted by Crippen LogP contribution is -2.09. The van der Waals surface area contributed by atoms with Crippen LogP contribution in [0.4, 0.5) is 0 Å². The number of hydrogen-bond donors (Lipinski definition) is 1. The first-order valence-corrected chi connectivity index (χ1v) is 3.67. The van der Waals surface area contributed by atoms with Gasteiger partial charge in [0.05, 0.1) is 0 Å². The number of rotatable bonds is 1. The molecule has 0 saturated heterocycles. The van der Waals surface area contributed by atoms with E-state index >= 15 is 0 Å². The van der Waals surface area contributed by atoms with E-state index in [1.165, 1.54) is 12.8 Å². The first kappa shape index (κ1) is 7.37. The zero-order valence-corrected chi connectivity index (χ0v) is 6.01. The first-order chi connectivity index (χ1) is 4.84. The Hall–Kier alpha value is -0.740. The Bertz CT molecular complexity index is 174. The largest absolute Gasteiger partial charge is 0.376 e. The molecule has 1 aliphatic carbocycles. The molecule has 0 amide bonds. The molecule has 54 valence electrons. The van der Waals surface area contributed by atoms with Crippen molar-refractivity contribution in [3.8, 4) is 12.3 Å². The minimum absolute atomic E-state index is 0.625. The lowest BCUT2D eigenvalue weighted by Gasteiger charge is -2.13. The third-order valence-corrected chi connectivity index (χ3v) is 1.84. The van der Waals surface area contributed by atoms with E-state index in [9.17, 15) is 5.11 Å². The highest BCUT2D eigenvalue weighted by atomic mass is 16.3. The van der Waals surface area contributed by atoms with Crippen molar-refractivity contribution < 1.29 is 5.11 Å². The topological polar surface area (TPSA) is 20.2 Å². The predicted octanol–water partition coefficient (Wildman–Crippen LogP) is 1.48. The van der Waals surface area contributed by atoms with Crippen LogP contribution in [0.15, 0.2) is 11.6 Å². The van der Waals surface area contributed by atoms with E-state index in [0.29, 0.717) is 0 Å². The third-order valence-electron chi connectivity index (χ3n) is 1.84. The van der Waals surface area contributed by atoms with E-state index in [1.807, 2.05) is 0 Å². The second kappa shape index (κ2) is 3.43. The van der Waals surface area contributed by atoms with Crippen LogP contribution >= 0.6 is 0 Å². The number of hydrogen-bond acceptors (Lipinski definition) is 1. The van der Waals surface area contributed by atoms with Gasteiger partial charge in [-0.25, -0.2) is 0 Å². The van der Waals surface area contributed by atoms with Gasteiger partial charge in [0.25, 0.3) is 0 Å². The van der Waals surface area contributed by atoms with Crippen LogP contribution in [0, 0.1) is 12.3 Å². The van der Waals surface area contributed by atoms with E-state index in [4.69, 9.17) is 6.42 Å². The molecular weight excluding hydrogens is 124 g/mol. The first-order valence-electron chi connectivity index (χ1n) is 3.67.